The van der Waals surface area contributed by atoms with Crippen LogP contribution in [0.4, 0.5) is 0 Å². The second kappa shape index (κ2) is 6.97. The number of nitrogens with zero attached hydrogens (tertiary/aromatic N) is 3. The van der Waals surface area contributed by atoms with Gasteiger partial charge in [-0.05, 0) is 11.6 Å². The molecule has 0 spiro atoms. The first kappa shape index (κ1) is 15.9. The Kier molecular flexibility index (Phi) is 5.27. The number of sulfonamides is 1. The zero-order valence-corrected chi connectivity index (χ0v) is 12.8. The fraction of sp³-hybridized carbons (Fsp3) is 0.538. The lowest BCUT2D eigenvalue weighted by atomic mass is 10.3. The predicted molar refractivity (Wildman–Crippen MR) is 76.9 cm³/mol. The fourth-order valence-corrected chi connectivity index (χ4v) is 2.78. The minimum absolute atomic E-state index is 0.142. The molecule has 0 N–H and O–H groups in total. The molecule has 1 aliphatic rings. The number of rotatable bonds is 5. The van der Waals surface area contributed by atoms with Crippen molar-refractivity contribution in [3.63, 3.8) is 0 Å². The highest BCUT2D eigenvalue weighted by Crippen LogP contribution is 2.09. The highest BCUT2D eigenvalue weighted by molar-refractivity contribution is 7.88. The van der Waals surface area contributed by atoms with E-state index in [0.717, 1.165) is 11.8 Å². The Balaban J connectivity index is 2.04. The van der Waals surface area contributed by atoms with Gasteiger partial charge in [-0.25, -0.2) is 8.42 Å². The van der Waals surface area contributed by atoms with Crippen molar-refractivity contribution in [1.29, 1.82) is 0 Å². The smallest absolute Gasteiger partial charge is 0.238 e. The van der Waals surface area contributed by atoms with Gasteiger partial charge in [0.25, 0.3) is 0 Å². The molecule has 0 saturated carbocycles. The normalized spacial score (nSPS) is 16.2. The average molecular weight is 313 g/mol. The molecule has 1 amide bonds. The summed E-state index contributed by atoms with van der Waals surface area (Å²) in [6, 6.07) is 3.52. The van der Waals surface area contributed by atoms with Crippen LogP contribution in [0.2, 0.25) is 0 Å². The molecule has 7 nitrogen and oxygen atoms in total. The van der Waals surface area contributed by atoms with Crippen molar-refractivity contribution in [3.05, 3.63) is 30.1 Å². The van der Waals surface area contributed by atoms with Crippen LogP contribution >= 0.6 is 0 Å². The highest BCUT2D eigenvalue weighted by Gasteiger charge is 2.24. The van der Waals surface area contributed by atoms with E-state index in [2.05, 4.69) is 4.98 Å². The van der Waals surface area contributed by atoms with Crippen molar-refractivity contribution >= 4 is 15.9 Å². The van der Waals surface area contributed by atoms with Gasteiger partial charge in [0.2, 0.25) is 15.9 Å². The number of ether oxygens (including phenoxy) is 1. The van der Waals surface area contributed by atoms with E-state index in [1.54, 1.807) is 29.4 Å². The summed E-state index contributed by atoms with van der Waals surface area (Å²) in [5, 5.41) is 0. The third-order valence-corrected chi connectivity index (χ3v) is 4.42. The Bertz CT molecular complexity index is 570. The van der Waals surface area contributed by atoms with E-state index in [9.17, 15) is 13.2 Å². The number of hydrogen-bond acceptors (Lipinski definition) is 5. The minimum atomic E-state index is -3.47. The lowest BCUT2D eigenvalue weighted by molar-refractivity contribution is -0.135. The van der Waals surface area contributed by atoms with Crippen molar-refractivity contribution in [2.75, 3.05) is 39.1 Å². The molecule has 0 aromatic carbocycles. The van der Waals surface area contributed by atoms with Crippen LogP contribution in [-0.2, 0) is 26.1 Å². The van der Waals surface area contributed by atoms with Gasteiger partial charge < -0.3 is 9.64 Å². The molecule has 0 unspecified atom stereocenters. The summed E-state index contributed by atoms with van der Waals surface area (Å²) in [7, 11) is -3.47. The van der Waals surface area contributed by atoms with Crippen LogP contribution < -0.4 is 0 Å². The van der Waals surface area contributed by atoms with Crippen LogP contribution in [0.5, 0.6) is 0 Å². The largest absolute Gasteiger partial charge is 0.378 e. The number of carbonyl (C=O) groups is 1. The zero-order valence-electron chi connectivity index (χ0n) is 11.9. The third kappa shape index (κ3) is 4.76. The summed E-state index contributed by atoms with van der Waals surface area (Å²) >= 11 is 0. The standard InChI is InChI=1S/C13H19N3O4S/c1-21(18,19)16(10-12-3-2-4-14-9-12)11-13(17)15-5-7-20-8-6-15/h2-4,9H,5-8,10-11H2,1H3. The summed E-state index contributed by atoms with van der Waals surface area (Å²) in [5.41, 5.74) is 0.748. The van der Waals surface area contributed by atoms with Gasteiger partial charge in [0.1, 0.15) is 0 Å². The molecule has 2 heterocycles. The maximum absolute atomic E-state index is 12.2. The molecular weight excluding hydrogens is 294 g/mol. The number of carbonyl (C=O) groups excluding carboxylic acids is 1. The summed E-state index contributed by atoms with van der Waals surface area (Å²) in [6.45, 7) is 1.98. The molecule has 0 atom stereocenters. The van der Waals surface area contributed by atoms with E-state index < -0.39 is 10.0 Å². The van der Waals surface area contributed by atoms with E-state index in [4.69, 9.17) is 4.74 Å². The monoisotopic (exact) mass is 313 g/mol. The third-order valence-electron chi connectivity index (χ3n) is 3.23. The molecule has 1 fully saturated rings. The SMILES string of the molecule is CS(=O)(=O)N(CC(=O)N1CCOCC1)Cc1cccnc1. The summed E-state index contributed by atoms with van der Waals surface area (Å²) in [4.78, 5) is 17.8. The minimum Gasteiger partial charge on any atom is -0.378 e. The Morgan fingerprint density at radius 3 is 2.71 bits per heavy atom. The van der Waals surface area contributed by atoms with Crippen LogP contribution in [0, 0.1) is 0 Å². The molecule has 1 aliphatic heterocycles. The van der Waals surface area contributed by atoms with Gasteiger partial charge >= 0.3 is 0 Å². The second-order valence-electron chi connectivity index (χ2n) is 4.89. The van der Waals surface area contributed by atoms with E-state index in [1.807, 2.05) is 0 Å². The van der Waals surface area contributed by atoms with E-state index in [0.29, 0.717) is 26.3 Å². The van der Waals surface area contributed by atoms with Crippen molar-refractivity contribution in [2.45, 2.75) is 6.54 Å². The first-order valence-electron chi connectivity index (χ1n) is 6.66. The van der Waals surface area contributed by atoms with Crippen LogP contribution in [0.15, 0.2) is 24.5 Å². The molecule has 0 radical (unpaired) electrons. The maximum atomic E-state index is 12.2. The molecule has 0 aliphatic carbocycles. The predicted octanol–water partition coefficient (Wildman–Crippen LogP) is -0.298. The van der Waals surface area contributed by atoms with Crippen LogP contribution in [0.1, 0.15) is 5.56 Å². The maximum Gasteiger partial charge on any atom is 0.238 e. The molecule has 116 valence electrons. The summed E-state index contributed by atoms with van der Waals surface area (Å²) < 4.78 is 30.1. The number of morpholine rings is 1. The first-order valence-corrected chi connectivity index (χ1v) is 8.51. The van der Waals surface area contributed by atoms with Gasteiger partial charge in [-0.3, -0.25) is 9.78 Å². The summed E-state index contributed by atoms with van der Waals surface area (Å²) in [6.07, 6.45) is 4.32. The van der Waals surface area contributed by atoms with Crippen molar-refractivity contribution in [2.24, 2.45) is 0 Å². The molecule has 21 heavy (non-hydrogen) atoms. The van der Waals surface area contributed by atoms with Gasteiger partial charge in [-0.15, -0.1) is 0 Å². The first-order chi connectivity index (χ1) is 9.97. The second-order valence-corrected chi connectivity index (χ2v) is 6.87. The fourth-order valence-electron chi connectivity index (χ4n) is 2.05. The van der Waals surface area contributed by atoms with Crippen molar-refractivity contribution < 1.29 is 17.9 Å². The van der Waals surface area contributed by atoms with E-state index in [-0.39, 0.29) is 19.0 Å². The van der Waals surface area contributed by atoms with Gasteiger partial charge in [-0.2, -0.15) is 4.31 Å². The molecule has 1 aromatic heterocycles. The van der Waals surface area contributed by atoms with E-state index >= 15 is 0 Å². The quantitative estimate of drug-likeness (QED) is 0.746. The Labute approximate surface area is 124 Å². The zero-order chi connectivity index (χ0) is 15.3. The summed E-state index contributed by atoms with van der Waals surface area (Å²) in [5.74, 6) is -0.201. The Hall–Kier alpha value is -1.51. The molecule has 2 rings (SSSR count). The van der Waals surface area contributed by atoms with Gasteiger partial charge in [0.05, 0.1) is 26.0 Å². The van der Waals surface area contributed by atoms with Gasteiger partial charge in [-0.1, -0.05) is 6.07 Å². The van der Waals surface area contributed by atoms with Gasteiger partial charge in [0, 0.05) is 32.0 Å². The average Bonchev–Trinajstić information content (AvgIpc) is 2.47. The topological polar surface area (TPSA) is 79.8 Å². The number of aromatic nitrogens is 1. The van der Waals surface area contributed by atoms with Crippen LogP contribution in [0.25, 0.3) is 0 Å². The lowest BCUT2D eigenvalue weighted by Crippen LogP contribution is -2.46. The lowest BCUT2D eigenvalue weighted by Gasteiger charge is -2.29. The Morgan fingerprint density at radius 1 is 1.43 bits per heavy atom. The molecular formula is C13H19N3O4S. The van der Waals surface area contributed by atoms with Crippen LogP contribution in [0.3, 0.4) is 0 Å². The molecule has 1 saturated heterocycles. The van der Waals surface area contributed by atoms with Gasteiger partial charge in [0.15, 0.2) is 0 Å². The van der Waals surface area contributed by atoms with E-state index in [1.165, 1.54) is 4.31 Å². The van der Waals surface area contributed by atoms with Crippen LogP contribution in [-0.4, -0.2) is 67.6 Å². The number of hydrogen-bond donors (Lipinski definition) is 0. The van der Waals surface area contributed by atoms with Crippen molar-refractivity contribution in [1.82, 2.24) is 14.2 Å². The molecule has 1 aromatic rings. The molecule has 8 heteroatoms. The number of pyridine rings is 1. The Morgan fingerprint density at radius 2 is 2.14 bits per heavy atom. The number of amides is 1. The highest BCUT2D eigenvalue weighted by atomic mass is 32.2. The van der Waals surface area contributed by atoms with Crippen molar-refractivity contribution in [3.8, 4) is 0 Å². The molecule has 0 bridgehead atoms.